The number of hydrogen-bond donors (Lipinski definition) is 1. The van der Waals surface area contributed by atoms with Gasteiger partial charge in [0.2, 0.25) is 0 Å². The maximum absolute atomic E-state index is 5.63. The van der Waals surface area contributed by atoms with Gasteiger partial charge in [0.25, 0.3) is 0 Å². The first-order chi connectivity index (χ1) is 3.66. The van der Waals surface area contributed by atoms with Crippen LogP contribution in [0.3, 0.4) is 0 Å². The van der Waals surface area contributed by atoms with E-state index in [1.54, 1.807) is 0 Å². The van der Waals surface area contributed by atoms with E-state index in [4.69, 9.17) is 5.73 Å². The van der Waals surface area contributed by atoms with Gasteiger partial charge in [0.15, 0.2) is 0 Å². The van der Waals surface area contributed by atoms with E-state index in [1.165, 1.54) is 0 Å². The van der Waals surface area contributed by atoms with Crippen molar-refractivity contribution < 1.29 is 0 Å². The van der Waals surface area contributed by atoms with Gasteiger partial charge in [-0.2, -0.15) is 0 Å². The standard InChI is InChI=1S/C6H14BrN.BrH/c1-5(2)3-6(8)4-7;/h5-6H,3-4,8H2,1-2H3;1H/t6-;/m1./s1. The summed E-state index contributed by atoms with van der Waals surface area (Å²) in [7, 11) is 0. The first kappa shape index (κ1) is 12.6. The highest BCUT2D eigenvalue weighted by molar-refractivity contribution is 9.09. The molecule has 0 aliphatic rings. The molecule has 1 nitrogen and oxygen atoms in total. The third-order valence-corrected chi connectivity index (χ3v) is 1.80. The van der Waals surface area contributed by atoms with E-state index in [-0.39, 0.29) is 17.0 Å². The van der Waals surface area contributed by atoms with Crippen LogP contribution >= 0.6 is 32.9 Å². The third kappa shape index (κ3) is 8.92. The van der Waals surface area contributed by atoms with Crippen LogP contribution in [0.2, 0.25) is 0 Å². The van der Waals surface area contributed by atoms with Gasteiger partial charge in [-0.25, -0.2) is 0 Å². The molecule has 0 aromatic rings. The minimum Gasteiger partial charge on any atom is -0.327 e. The Morgan fingerprint density at radius 2 is 1.89 bits per heavy atom. The van der Waals surface area contributed by atoms with Gasteiger partial charge in [-0.15, -0.1) is 17.0 Å². The van der Waals surface area contributed by atoms with Crippen molar-refractivity contribution in [3.8, 4) is 0 Å². The molecule has 9 heavy (non-hydrogen) atoms. The predicted molar refractivity (Wildman–Crippen MR) is 51.5 cm³/mol. The Balaban J connectivity index is 0. The molecule has 1 atom stereocenters. The molecule has 0 amide bonds. The summed E-state index contributed by atoms with van der Waals surface area (Å²) in [4.78, 5) is 0. The average molecular weight is 261 g/mol. The van der Waals surface area contributed by atoms with E-state index in [2.05, 4.69) is 29.8 Å². The molecular weight excluding hydrogens is 246 g/mol. The Morgan fingerprint density at radius 1 is 1.44 bits per heavy atom. The molecule has 0 aliphatic heterocycles. The lowest BCUT2D eigenvalue weighted by Crippen LogP contribution is -2.23. The highest BCUT2D eigenvalue weighted by atomic mass is 79.9. The normalized spacial score (nSPS) is 13.0. The maximum Gasteiger partial charge on any atom is 0.0183 e. The molecule has 0 spiro atoms. The first-order valence-electron chi connectivity index (χ1n) is 2.98. The largest absolute Gasteiger partial charge is 0.327 e. The van der Waals surface area contributed by atoms with Gasteiger partial charge in [-0.1, -0.05) is 29.8 Å². The minimum atomic E-state index is 0. The second kappa shape index (κ2) is 7.03. The van der Waals surface area contributed by atoms with Crippen molar-refractivity contribution in [2.75, 3.05) is 5.33 Å². The number of rotatable bonds is 3. The fraction of sp³-hybridized carbons (Fsp3) is 1.00. The lowest BCUT2D eigenvalue weighted by Gasteiger charge is -2.09. The Bertz CT molecular complexity index is 57.0. The van der Waals surface area contributed by atoms with Crippen molar-refractivity contribution in [3.63, 3.8) is 0 Å². The minimum absolute atomic E-state index is 0. The van der Waals surface area contributed by atoms with Crippen molar-refractivity contribution in [3.05, 3.63) is 0 Å². The van der Waals surface area contributed by atoms with Crippen molar-refractivity contribution in [1.29, 1.82) is 0 Å². The summed E-state index contributed by atoms with van der Waals surface area (Å²) in [6.45, 7) is 4.37. The lowest BCUT2D eigenvalue weighted by molar-refractivity contribution is 0.526. The maximum atomic E-state index is 5.63. The molecule has 3 heteroatoms. The van der Waals surface area contributed by atoms with Gasteiger partial charge >= 0.3 is 0 Å². The van der Waals surface area contributed by atoms with Crippen LogP contribution in [0.25, 0.3) is 0 Å². The zero-order valence-electron chi connectivity index (χ0n) is 5.93. The molecule has 0 heterocycles. The van der Waals surface area contributed by atoms with E-state index >= 15 is 0 Å². The second-order valence-corrected chi connectivity index (χ2v) is 3.19. The molecule has 0 aromatic carbocycles. The van der Waals surface area contributed by atoms with Gasteiger partial charge in [0.05, 0.1) is 0 Å². The second-order valence-electron chi connectivity index (χ2n) is 2.54. The fourth-order valence-electron chi connectivity index (χ4n) is 0.668. The SMILES string of the molecule is Br.CC(C)C[C@@H](N)CBr. The zero-order chi connectivity index (χ0) is 6.57. The van der Waals surface area contributed by atoms with Crippen LogP contribution in [-0.4, -0.2) is 11.4 Å². The Kier molecular flexibility index (Phi) is 9.83. The molecule has 2 N–H and O–H groups in total. The Morgan fingerprint density at radius 3 is 2.00 bits per heavy atom. The number of halogens is 2. The van der Waals surface area contributed by atoms with Gasteiger partial charge in [0.1, 0.15) is 0 Å². The van der Waals surface area contributed by atoms with Gasteiger partial charge < -0.3 is 5.73 Å². The molecule has 0 rings (SSSR count). The van der Waals surface area contributed by atoms with Crippen molar-refractivity contribution in [2.45, 2.75) is 26.3 Å². The summed E-state index contributed by atoms with van der Waals surface area (Å²) in [5.74, 6) is 0.725. The van der Waals surface area contributed by atoms with E-state index in [0.717, 1.165) is 17.7 Å². The first-order valence-corrected chi connectivity index (χ1v) is 4.10. The molecule has 0 bridgehead atoms. The topological polar surface area (TPSA) is 26.0 Å². The third-order valence-electron chi connectivity index (χ3n) is 0.972. The summed E-state index contributed by atoms with van der Waals surface area (Å²) >= 11 is 3.32. The molecule has 0 aromatic heterocycles. The summed E-state index contributed by atoms with van der Waals surface area (Å²) in [6, 6.07) is 0.343. The molecular formula is C6H15Br2N. The van der Waals surface area contributed by atoms with Crippen molar-refractivity contribution in [2.24, 2.45) is 11.7 Å². The summed E-state index contributed by atoms with van der Waals surface area (Å²) in [5.41, 5.74) is 5.63. The van der Waals surface area contributed by atoms with Crippen molar-refractivity contribution in [1.82, 2.24) is 0 Å². The monoisotopic (exact) mass is 259 g/mol. The highest BCUT2D eigenvalue weighted by Gasteiger charge is 2.01. The number of nitrogens with two attached hydrogens (primary N) is 1. The van der Waals surface area contributed by atoms with Gasteiger partial charge in [-0.3, -0.25) is 0 Å². The lowest BCUT2D eigenvalue weighted by atomic mass is 10.1. The van der Waals surface area contributed by atoms with E-state index in [0.29, 0.717) is 6.04 Å². The van der Waals surface area contributed by atoms with Gasteiger partial charge in [-0.05, 0) is 12.3 Å². The van der Waals surface area contributed by atoms with Crippen LogP contribution in [0.5, 0.6) is 0 Å². The zero-order valence-corrected chi connectivity index (χ0v) is 9.23. The van der Waals surface area contributed by atoms with Crippen LogP contribution in [0.1, 0.15) is 20.3 Å². The van der Waals surface area contributed by atoms with Crippen LogP contribution < -0.4 is 5.73 Å². The van der Waals surface area contributed by atoms with Crippen LogP contribution in [0.15, 0.2) is 0 Å². The van der Waals surface area contributed by atoms with Crippen LogP contribution in [-0.2, 0) is 0 Å². The molecule has 0 unspecified atom stereocenters. The highest BCUT2D eigenvalue weighted by Crippen LogP contribution is 2.03. The smallest absolute Gasteiger partial charge is 0.0183 e. The van der Waals surface area contributed by atoms with Crippen molar-refractivity contribution >= 4 is 32.9 Å². The van der Waals surface area contributed by atoms with E-state index in [9.17, 15) is 0 Å². The summed E-state index contributed by atoms with van der Waals surface area (Å²) in [5, 5.41) is 0.922. The predicted octanol–water partition coefficient (Wildman–Crippen LogP) is 2.33. The van der Waals surface area contributed by atoms with Crippen LogP contribution in [0, 0.1) is 5.92 Å². The molecule has 0 fully saturated rings. The molecule has 0 saturated heterocycles. The summed E-state index contributed by atoms with van der Waals surface area (Å²) < 4.78 is 0. The molecule has 0 radical (unpaired) electrons. The number of alkyl halides is 1. The quantitative estimate of drug-likeness (QED) is 0.775. The van der Waals surface area contributed by atoms with E-state index < -0.39 is 0 Å². The average Bonchev–Trinajstić information content (AvgIpc) is 1.65. The summed E-state index contributed by atoms with van der Waals surface area (Å²) in [6.07, 6.45) is 1.12. The number of hydrogen-bond acceptors (Lipinski definition) is 1. The Hall–Kier alpha value is 0.920. The molecule has 58 valence electrons. The fourth-order valence-corrected chi connectivity index (χ4v) is 0.933. The molecule has 0 aliphatic carbocycles. The van der Waals surface area contributed by atoms with Gasteiger partial charge in [0, 0.05) is 11.4 Å². The Labute approximate surface area is 76.3 Å². The van der Waals surface area contributed by atoms with E-state index in [1.807, 2.05) is 0 Å². The van der Waals surface area contributed by atoms with Crippen LogP contribution in [0.4, 0.5) is 0 Å². The molecule has 0 saturated carbocycles.